The van der Waals surface area contributed by atoms with Crippen LogP contribution in [0.1, 0.15) is 25.7 Å². The maximum atomic E-state index is 9.26. The molecule has 3 atom stereocenters. The van der Waals surface area contributed by atoms with E-state index in [1.165, 1.54) is 0 Å². The Hall–Kier alpha value is -0.120. The number of aliphatic hydroxyl groups excluding tert-OH is 1. The van der Waals surface area contributed by atoms with E-state index in [0.29, 0.717) is 24.7 Å². The van der Waals surface area contributed by atoms with Gasteiger partial charge in [-0.05, 0) is 24.7 Å². The third kappa shape index (κ3) is 1.28. The molecule has 64 valence electrons. The van der Waals surface area contributed by atoms with Crippen LogP contribution in [0, 0.1) is 11.8 Å². The molecule has 2 saturated carbocycles. The van der Waals surface area contributed by atoms with E-state index in [1.807, 2.05) is 0 Å². The van der Waals surface area contributed by atoms with Crippen LogP contribution in [0.15, 0.2) is 0 Å². The van der Waals surface area contributed by atoms with Gasteiger partial charge in [-0.15, -0.1) is 0 Å². The summed E-state index contributed by atoms with van der Waals surface area (Å²) in [6.45, 7) is 0. The third-order valence-electron chi connectivity index (χ3n) is 2.99. The minimum Gasteiger partial charge on any atom is -0.393 e. The Labute approximate surface area is 65.7 Å². The molecule has 2 rings (SSSR count). The van der Waals surface area contributed by atoms with Crippen molar-refractivity contribution < 1.29 is 15.3 Å². The van der Waals surface area contributed by atoms with E-state index in [-0.39, 0.29) is 6.10 Å². The summed E-state index contributed by atoms with van der Waals surface area (Å²) in [6.07, 6.45) is 2.23. The maximum Gasteiger partial charge on any atom is 0.163 e. The molecular formula is C8H14O3. The first kappa shape index (κ1) is 7.53. The van der Waals surface area contributed by atoms with Gasteiger partial charge in [0.15, 0.2) is 5.79 Å². The van der Waals surface area contributed by atoms with Crippen LogP contribution in [-0.4, -0.2) is 27.2 Å². The van der Waals surface area contributed by atoms with Crippen molar-refractivity contribution in [2.75, 3.05) is 0 Å². The Morgan fingerprint density at radius 1 is 1.00 bits per heavy atom. The molecule has 2 fully saturated rings. The van der Waals surface area contributed by atoms with Crippen LogP contribution in [0.3, 0.4) is 0 Å². The van der Waals surface area contributed by atoms with Crippen LogP contribution >= 0.6 is 0 Å². The molecule has 0 spiro atoms. The monoisotopic (exact) mass is 158 g/mol. The molecule has 0 aromatic carbocycles. The van der Waals surface area contributed by atoms with E-state index < -0.39 is 5.79 Å². The summed E-state index contributed by atoms with van der Waals surface area (Å²) >= 11 is 0. The van der Waals surface area contributed by atoms with Crippen molar-refractivity contribution in [3.05, 3.63) is 0 Å². The fourth-order valence-electron chi connectivity index (χ4n) is 2.60. The molecule has 0 heterocycles. The first-order chi connectivity index (χ1) is 5.07. The van der Waals surface area contributed by atoms with Crippen LogP contribution in [0.5, 0.6) is 0 Å². The van der Waals surface area contributed by atoms with Gasteiger partial charge in [-0.3, -0.25) is 0 Å². The van der Waals surface area contributed by atoms with Crippen molar-refractivity contribution in [1.82, 2.24) is 0 Å². The molecule has 0 bridgehead atoms. The fourth-order valence-corrected chi connectivity index (χ4v) is 2.60. The van der Waals surface area contributed by atoms with Gasteiger partial charge in [0, 0.05) is 12.8 Å². The highest BCUT2D eigenvalue weighted by Gasteiger charge is 2.47. The van der Waals surface area contributed by atoms with Gasteiger partial charge in [-0.25, -0.2) is 0 Å². The lowest BCUT2D eigenvalue weighted by Crippen LogP contribution is -2.25. The van der Waals surface area contributed by atoms with Crippen LogP contribution in [0.2, 0.25) is 0 Å². The number of hydrogen-bond donors (Lipinski definition) is 3. The summed E-state index contributed by atoms with van der Waals surface area (Å²) in [7, 11) is 0. The standard InChI is InChI=1S/C8H14O3/c9-7-1-5-3-8(10,11)4-6(5)2-7/h5-7,9-11H,1-4H2/t5-,6+,7?. The number of hydrogen-bond acceptors (Lipinski definition) is 3. The average molecular weight is 158 g/mol. The molecule has 0 radical (unpaired) electrons. The van der Waals surface area contributed by atoms with E-state index in [4.69, 9.17) is 0 Å². The normalized spacial score (nSPS) is 47.7. The third-order valence-corrected chi connectivity index (χ3v) is 2.99. The van der Waals surface area contributed by atoms with Gasteiger partial charge in [-0.2, -0.15) is 0 Å². The van der Waals surface area contributed by atoms with Gasteiger partial charge in [0.2, 0.25) is 0 Å². The van der Waals surface area contributed by atoms with E-state index in [1.54, 1.807) is 0 Å². The summed E-state index contributed by atoms with van der Waals surface area (Å²) in [5.74, 6) is -0.741. The lowest BCUT2D eigenvalue weighted by molar-refractivity contribution is -0.159. The Morgan fingerprint density at radius 2 is 1.45 bits per heavy atom. The average Bonchev–Trinajstić information content (AvgIpc) is 2.17. The SMILES string of the molecule is OC1C[C@@H]2CC(O)(O)C[C@@H]2C1. The second-order valence-electron chi connectivity index (χ2n) is 4.04. The zero-order valence-electron chi connectivity index (χ0n) is 6.40. The molecule has 2 aliphatic rings. The molecule has 0 aromatic heterocycles. The summed E-state index contributed by atoms with van der Waals surface area (Å²) in [6, 6.07) is 0. The van der Waals surface area contributed by atoms with Crippen molar-refractivity contribution in [3.8, 4) is 0 Å². The van der Waals surface area contributed by atoms with Gasteiger partial charge in [0.05, 0.1) is 6.10 Å². The van der Waals surface area contributed by atoms with Crippen molar-refractivity contribution >= 4 is 0 Å². The molecule has 3 N–H and O–H groups in total. The van der Waals surface area contributed by atoms with Crippen molar-refractivity contribution in [1.29, 1.82) is 0 Å². The first-order valence-corrected chi connectivity index (χ1v) is 4.20. The summed E-state index contributed by atoms with van der Waals surface area (Å²) in [4.78, 5) is 0. The Morgan fingerprint density at radius 3 is 1.91 bits per heavy atom. The van der Waals surface area contributed by atoms with Crippen LogP contribution < -0.4 is 0 Å². The summed E-state index contributed by atoms with van der Waals surface area (Å²) in [5.41, 5.74) is 0. The molecule has 0 saturated heterocycles. The summed E-state index contributed by atoms with van der Waals surface area (Å²) < 4.78 is 0. The van der Waals surface area contributed by atoms with E-state index >= 15 is 0 Å². The molecule has 2 aliphatic carbocycles. The Kier molecular flexibility index (Phi) is 1.50. The molecule has 0 amide bonds. The Bertz CT molecular complexity index is 151. The lowest BCUT2D eigenvalue weighted by atomic mass is 10.0. The van der Waals surface area contributed by atoms with Crippen molar-refractivity contribution in [2.45, 2.75) is 37.6 Å². The minimum atomic E-state index is -1.44. The number of rotatable bonds is 0. The molecule has 3 heteroatoms. The minimum absolute atomic E-state index is 0.193. The van der Waals surface area contributed by atoms with Gasteiger partial charge in [0.1, 0.15) is 0 Å². The molecule has 11 heavy (non-hydrogen) atoms. The van der Waals surface area contributed by atoms with Gasteiger partial charge in [-0.1, -0.05) is 0 Å². The van der Waals surface area contributed by atoms with Crippen LogP contribution in [0.4, 0.5) is 0 Å². The molecular weight excluding hydrogens is 144 g/mol. The number of fused-ring (bicyclic) bond motifs is 1. The highest BCUT2D eigenvalue weighted by atomic mass is 16.5. The van der Waals surface area contributed by atoms with E-state index in [0.717, 1.165) is 12.8 Å². The van der Waals surface area contributed by atoms with Gasteiger partial charge in [0.25, 0.3) is 0 Å². The highest BCUT2D eigenvalue weighted by Crippen LogP contribution is 2.47. The quantitative estimate of drug-likeness (QED) is 0.430. The van der Waals surface area contributed by atoms with E-state index in [9.17, 15) is 15.3 Å². The predicted molar refractivity (Wildman–Crippen MR) is 38.6 cm³/mol. The van der Waals surface area contributed by atoms with Gasteiger partial charge < -0.3 is 15.3 Å². The lowest BCUT2D eigenvalue weighted by Gasteiger charge is -2.15. The van der Waals surface area contributed by atoms with Crippen molar-refractivity contribution in [2.24, 2.45) is 11.8 Å². The number of aliphatic hydroxyl groups is 3. The molecule has 1 unspecified atom stereocenters. The molecule has 0 aromatic rings. The van der Waals surface area contributed by atoms with Gasteiger partial charge >= 0.3 is 0 Å². The van der Waals surface area contributed by atoms with Crippen LogP contribution in [0.25, 0.3) is 0 Å². The predicted octanol–water partition coefficient (Wildman–Crippen LogP) is -0.152. The van der Waals surface area contributed by atoms with E-state index in [2.05, 4.69) is 0 Å². The second-order valence-corrected chi connectivity index (χ2v) is 4.04. The Balaban J connectivity index is 2.04. The maximum absolute atomic E-state index is 9.26. The highest BCUT2D eigenvalue weighted by molar-refractivity contribution is 4.94. The summed E-state index contributed by atoms with van der Waals surface area (Å²) in [5, 5.41) is 27.8. The second kappa shape index (κ2) is 2.19. The molecule has 0 aliphatic heterocycles. The zero-order chi connectivity index (χ0) is 8.06. The fraction of sp³-hybridized carbons (Fsp3) is 1.00. The first-order valence-electron chi connectivity index (χ1n) is 4.20. The van der Waals surface area contributed by atoms with Crippen molar-refractivity contribution in [3.63, 3.8) is 0 Å². The van der Waals surface area contributed by atoms with Crippen LogP contribution in [-0.2, 0) is 0 Å². The largest absolute Gasteiger partial charge is 0.393 e. The zero-order valence-corrected chi connectivity index (χ0v) is 6.40. The molecule has 3 nitrogen and oxygen atoms in total. The topological polar surface area (TPSA) is 60.7 Å². The smallest absolute Gasteiger partial charge is 0.163 e.